The fourth-order valence-corrected chi connectivity index (χ4v) is 4.95. The number of carbonyl (C=O) groups is 1. The predicted molar refractivity (Wildman–Crippen MR) is 135 cm³/mol. The number of aliphatic carboxylic acids is 1. The molecule has 0 unspecified atom stereocenters. The molecule has 3 rings (SSSR count). The first kappa shape index (κ1) is 26.6. The Morgan fingerprint density at radius 3 is 1.67 bits per heavy atom. The molecule has 2 aromatic carbocycles. The van der Waals surface area contributed by atoms with E-state index in [0.717, 1.165) is 6.92 Å². The molecule has 0 amide bonds. The van der Waals surface area contributed by atoms with Crippen LogP contribution in [-0.4, -0.2) is 33.9 Å². The van der Waals surface area contributed by atoms with E-state index in [-0.39, 0.29) is 10.8 Å². The molecule has 0 N–H and O–H groups in total. The van der Waals surface area contributed by atoms with Crippen LogP contribution in [0.3, 0.4) is 0 Å². The van der Waals surface area contributed by atoms with Crippen LogP contribution in [0.1, 0.15) is 85.5 Å². The number of carboxylic acid groups (broad SMARTS) is 1. The second-order valence-corrected chi connectivity index (χ2v) is 11.3. The van der Waals surface area contributed by atoms with Gasteiger partial charge in [0.05, 0.1) is 0 Å². The Morgan fingerprint density at radius 1 is 0.848 bits per heavy atom. The number of hydrogen-bond donors (Lipinski definition) is 0. The van der Waals surface area contributed by atoms with Crippen LogP contribution in [0.2, 0.25) is 0 Å². The summed E-state index contributed by atoms with van der Waals surface area (Å²) in [6, 6.07) is 23.4. The van der Waals surface area contributed by atoms with Gasteiger partial charge in [0.25, 0.3) is 0 Å². The van der Waals surface area contributed by atoms with Crippen LogP contribution in [0.15, 0.2) is 60.7 Å². The van der Waals surface area contributed by atoms with Crippen molar-refractivity contribution in [3.63, 3.8) is 0 Å². The van der Waals surface area contributed by atoms with Crippen molar-refractivity contribution in [2.24, 2.45) is 10.8 Å². The highest BCUT2D eigenvalue weighted by molar-refractivity contribution is 5.60. The van der Waals surface area contributed by atoms with Crippen molar-refractivity contribution < 1.29 is 14.5 Å². The Morgan fingerprint density at radius 2 is 1.27 bits per heavy atom. The lowest BCUT2D eigenvalue weighted by Gasteiger charge is -2.41. The van der Waals surface area contributed by atoms with Gasteiger partial charge in [-0.15, -0.1) is 0 Å². The number of hydrogen-bond acceptors (Lipinski definition) is 3. The second kappa shape index (κ2) is 10.5. The Labute approximate surface area is 201 Å². The summed E-state index contributed by atoms with van der Waals surface area (Å²) in [4.78, 5) is 11.5. The van der Waals surface area contributed by atoms with Crippen LogP contribution in [0.5, 0.6) is 0 Å². The van der Waals surface area contributed by atoms with Gasteiger partial charge in [-0.2, -0.15) is 0 Å². The Kier molecular flexibility index (Phi) is 8.51. The molecule has 33 heavy (non-hydrogen) atoms. The van der Waals surface area contributed by atoms with Crippen LogP contribution >= 0.6 is 0 Å². The molecule has 0 bridgehead atoms. The van der Waals surface area contributed by atoms with Crippen molar-refractivity contribution in [2.75, 3.05) is 0 Å². The molecular weight excluding hydrogens is 408 g/mol. The highest BCUT2D eigenvalue weighted by atomic mass is 16.4. The monoisotopic (exact) mass is 450 g/mol. The van der Waals surface area contributed by atoms with Crippen molar-refractivity contribution in [3.05, 3.63) is 71.8 Å². The molecule has 2 aromatic rings. The molecule has 1 aliphatic rings. The van der Waals surface area contributed by atoms with Crippen LogP contribution in [0.25, 0.3) is 0 Å². The third-order valence-electron chi connectivity index (χ3n) is 6.44. The predicted octanol–water partition coefficient (Wildman–Crippen LogP) is 5.45. The Hall–Kier alpha value is -2.62. The van der Waals surface area contributed by atoms with Crippen molar-refractivity contribution in [1.82, 2.24) is 4.90 Å². The molecule has 0 radical (unpaired) electrons. The van der Waals surface area contributed by atoms with E-state index in [1.54, 1.807) is 0 Å². The van der Waals surface area contributed by atoms with Gasteiger partial charge in [-0.25, -0.2) is 0 Å². The first-order chi connectivity index (χ1) is 15.2. The average Bonchev–Trinajstić information content (AvgIpc) is 3.15. The van der Waals surface area contributed by atoms with E-state index in [2.05, 4.69) is 132 Å². The van der Waals surface area contributed by atoms with Crippen molar-refractivity contribution in [1.29, 1.82) is 0 Å². The lowest BCUT2D eigenvalue weighted by molar-refractivity contribution is -0.610. The van der Waals surface area contributed by atoms with Crippen molar-refractivity contribution in [3.8, 4) is 0 Å². The second-order valence-electron chi connectivity index (χ2n) is 11.3. The van der Waals surface area contributed by atoms with Gasteiger partial charge in [0.15, 0.2) is 0 Å². The lowest BCUT2D eigenvalue weighted by Crippen LogP contribution is -2.53. The molecule has 180 valence electrons. The van der Waals surface area contributed by atoms with E-state index in [9.17, 15) is 0 Å². The van der Waals surface area contributed by atoms with Crippen LogP contribution in [-0.2, 0) is 4.79 Å². The summed E-state index contributed by atoms with van der Waals surface area (Å²) < 4.78 is 2.63. The van der Waals surface area contributed by atoms with Gasteiger partial charge < -0.3 is 9.90 Å². The third-order valence-corrected chi connectivity index (χ3v) is 6.44. The van der Waals surface area contributed by atoms with Crippen LogP contribution in [0, 0.1) is 10.8 Å². The molecule has 1 heterocycles. The number of nitrogens with zero attached hydrogens (tertiary/aromatic N) is 2. The summed E-state index contributed by atoms with van der Waals surface area (Å²) >= 11 is 0. The van der Waals surface area contributed by atoms with Gasteiger partial charge in [0, 0.05) is 16.8 Å². The fourth-order valence-electron chi connectivity index (χ4n) is 4.95. The third kappa shape index (κ3) is 6.69. The lowest BCUT2D eigenvalue weighted by atomic mass is 9.71. The molecule has 4 nitrogen and oxygen atoms in total. The highest BCUT2D eigenvalue weighted by Crippen LogP contribution is 2.44. The zero-order chi connectivity index (χ0) is 25.0. The Balaban J connectivity index is 0.000000890. The smallest absolute Gasteiger partial charge is 0.235 e. The largest absolute Gasteiger partial charge is 0.550 e. The quantitative estimate of drug-likeness (QED) is 0.582. The van der Waals surface area contributed by atoms with E-state index in [4.69, 9.17) is 9.90 Å². The first-order valence-electron chi connectivity index (χ1n) is 11.9. The molecule has 1 aliphatic heterocycles. The standard InChI is InChI=1S/C27H39N2.C2H4O2/c1-20(22-15-11-9-12-16-22)28-19-29(21(2)23-17-13-10-14-18-23)25(27(6,7)8)24(28)26(3,4)5;1-2(3)4/h9-21,24-25H,1-8H3;1H3,(H,3,4)/q+1;/p-1/t20-,21-,24-,25-;/m0./s1. The van der Waals surface area contributed by atoms with Gasteiger partial charge in [-0.1, -0.05) is 102 Å². The highest BCUT2D eigenvalue weighted by Gasteiger charge is 2.55. The summed E-state index contributed by atoms with van der Waals surface area (Å²) in [5.41, 5.74) is 3.06. The summed E-state index contributed by atoms with van der Waals surface area (Å²) in [5, 5.41) is 8.89. The number of carbonyl (C=O) groups excluding carboxylic acids is 1. The minimum atomic E-state index is -1.08. The summed E-state index contributed by atoms with van der Waals surface area (Å²) in [7, 11) is 0. The maximum absolute atomic E-state index is 8.89. The Bertz CT molecular complexity index is 920. The minimum Gasteiger partial charge on any atom is -0.550 e. The van der Waals surface area contributed by atoms with E-state index < -0.39 is 5.97 Å². The van der Waals surface area contributed by atoms with Gasteiger partial charge in [0.2, 0.25) is 6.34 Å². The van der Waals surface area contributed by atoms with Crippen molar-refractivity contribution >= 4 is 12.3 Å². The molecule has 0 aromatic heterocycles. The normalized spacial score (nSPS) is 20.4. The minimum absolute atomic E-state index is 0.155. The molecule has 0 aliphatic carbocycles. The fraction of sp³-hybridized carbons (Fsp3) is 0.517. The van der Waals surface area contributed by atoms with E-state index >= 15 is 0 Å². The maximum Gasteiger partial charge on any atom is 0.235 e. The number of carboxylic acids is 1. The molecule has 4 atom stereocenters. The van der Waals surface area contributed by atoms with Gasteiger partial charge in [-0.05, 0) is 31.9 Å². The molecule has 0 saturated heterocycles. The SMILES string of the molecule is CC(=O)[O-].C[C@@H](c1ccccc1)N1C=[N+]([C@@H](C)c2ccccc2)[C@H](C(C)(C)C)[C@H]1C(C)(C)C. The molecule has 4 heteroatoms. The number of rotatable bonds is 4. The average molecular weight is 451 g/mol. The van der Waals surface area contributed by atoms with Crippen molar-refractivity contribution in [2.45, 2.75) is 86.5 Å². The number of benzene rings is 2. The van der Waals surface area contributed by atoms with Crippen LogP contribution < -0.4 is 5.11 Å². The molecule has 0 saturated carbocycles. The van der Waals surface area contributed by atoms with E-state index in [1.165, 1.54) is 11.1 Å². The maximum atomic E-state index is 8.89. The summed E-state index contributed by atoms with van der Waals surface area (Å²) in [6.07, 6.45) is 2.43. The zero-order valence-electron chi connectivity index (χ0n) is 21.9. The molecule has 0 spiro atoms. The molecule has 0 fully saturated rings. The van der Waals surface area contributed by atoms with Crippen LogP contribution in [0.4, 0.5) is 0 Å². The van der Waals surface area contributed by atoms with Gasteiger partial charge >= 0.3 is 0 Å². The topological polar surface area (TPSA) is 46.4 Å². The van der Waals surface area contributed by atoms with Gasteiger partial charge in [-0.3, -0.25) is 9.48 Å². The summed E-state index contributed by atoms with van der Waals surface area (Å²) in [5.74, 6) is -1.08. The first-order valence-corrected chi connectivity index (χ1v) is 11.9. The van der Waals surface area contributed by atoms with E-state index in [1.807, 2.05) is 0 Å². The van der Waals surface area contributed by atoms with E-state index in [0.29, 0.717) is 24.2 Å². The van der Waals surface area contributed by atoms with Gasteiger partial charge in [0.1, 0.15) is 24.2 Å². The zero-order valence-corrected chi connectivity index (χ0v) is 21.9. The summed E-state index contributed by atoms with van der Waals surface area (Å²) in [6.45, 7) is 20.0. The molecular formula is C29H42N2O2.